The molecule has 2 atom stereocenters. The van der Waals surface area contributed by atoms with E-state index in [1.807, 2.05) is 0 Å². The van der Waals surface area contributed by atoms with Crippen LogP contribution in [0.25, 0.3) is 33.0 Å². The van der Waals surface area contributed by atoms with E-state index in [1.54, 1.807) is 0 Å². The molecule has 0 spiro atoms. The second-order valence-electron chi connectivity index (χ2n) is 8.16. The van der Waals surface area contributed by atoms with Crippen molar-refractivity contribution in [1.29, 1.82) is 0 Å². The van der Waals surface area contributed by atoms with Crippen LogP contribution < -0.4 is 4.74 Å². The van der Waals surface area contributed by atoms with Crippen LogP contribution in [0.5, 0.6) is 5.75 Å². The van der Waals surface area contributed by atoms with E-state index in [1.165, 1.54) is 43.1 Å². The number of hydrogen-bond acceptors (Lipinski definition) is 1. The molecule has 30 heavy (non-hydrogen) atoms. The summed E-state index contributed by atoms with van der Waals surface area (Å²) in [4.78, 5) is 0. The zero-order chi connectivity index (χ0) is 20.1. The van der Waals surface area contributed by atoms with Crippen LogP contribution in [-0.4, -0.2) is 6.10 Å². The van der Waals surface area contributed by atoms with E-state index in [2.05, 4.69) is 107 Å². The molecular weight excluding hydrogens is 432 g/mol. The normalized spacial score (nSPS) is 19.7. The van der Waals surface area contributed by atoms with Gasteiger partial charge in [-0.2, -0.15) is 0 Å². The van der Waals surface area contributed by atoms with Gasteiger partial charge in [-0.05, 0) is 58.0 Å². The van der Waals surface area contributed by atoms with Crippen LogP contribution in [0.4, 0.5) is 0 Å². The molecule has 4 aromatic rings. The SMILES string of the molecule is BrC1=CCCC2Oc3ccc(-c4ccc(-c5cccc6ccccc56)cc4)cc3C12. The van der Waals surface area contributed by atoms with Crippen LogP contribution >= 0.6 is 15.9 Å². The third-order valence-corrected chi connectivity index (χ3v) is 7.22. The lowest BCUT2D eigenvalue weighted by Gasteiger charge is -2.22. The van der Waals surface area contributed by atoms with Gasteiger partial charge in [-0.1, -0.05) is 94.8 Å². The molecule has 1 aliphatic carbocycles. The van der Waals surface area contributed by atoms with Gasteiger partial charge in [0.1, 0.15) is 11.9 Å². The van der Waals surface area contributed by atoms with Crippen molar-refractivity contribution in [2.75, 3.05) is 0 Å². The molecule has 2 unspecified atom stereocenters. The van der Waals surface area contributed by atoms with Gasteiger partial charge in [-0.3, -0.25) is 0 Å². The molecule has 0 fully saturated rings. The monoisotopic (exact) mass is 452 g/mol. The van der Waals surface area contributed by atoms with Gasteiger partial charge < -0.3 is 4.74 Å². The van der Waals surface area contributed by atoms with E-state index in [9.17, 15) is 0 Å². The van der Waals surface area contributed by atoms with E-state index >= 15 is 0 Å². The van der Waals surface area contributed by atoms with Gasteiger partial charge in [-0.25, -0.2) is 0 Å². The van der Waals surface area contributed by atoms with Crippen LogP contribution in [0.2, 0.25) is 0 Å². The highest BCUT2D eigenvalue weighted by molar-refractivity contribution is 9.11. The molecule has 0 saturated carbocycles. The lowest BCUT2D eigenvalue weighted by molar-refractivity contribution is 0.203. The molecule has 0 aromatic heterocycles. The molecule has 0 radical (unpaired) electrons. The Morgan fingerprint density at radius 2 is 1.53 bits per heavy atom. The van der Waals surface area contributed by atoms with Gasteiger partial charge in [0.2, 0.25) is 0 Å². The van der Waals surface area contributed by atoms with E-state index in [0.717, 1.165) is 18.6 Å². The molecule has 1 nitrogen and oxygen atoms in total. The largest absolute Gasteiger partial charge is 0.489 e. The van der Waals surface area contributed by atoms with Crippen LogP contribution in [0.1, 0.15) is 24.3 Å². The van der Waals surface area contributed by atoms with Gasteiger partial charge in [0, 0.05) is 10.0 Å². The fourth-order valence-electron chi connectivity index (χ4n) is 4.89. The van der Waals surface area contributed by atoms with Gasteiger partial charge in [0.05, 0.1) is 5.92 Å². The standard InChI is InChI=1S/C28H21BrO/c29-25-9-4-10-27-28(25)24-17-21(15-16-26(24)30-27)18-11-13-20(14-12-18)23-8-3-6-19-5-1-2-7-22(19)23/h1-3,5-9,11-17,27-28H,4,10H2. The molecule has 4 aromatic carbocycles. The summed E-state index contributed by atoms with van der Waals surface area (Å²) in [5.41, 5.74) is 6.31. The van der Waals surface area contributed by atoms with Crippen LogP contribution in [-0.2, 0) is 0 Å². The summed E-state index contributed by atoms with van der Waals surface area (Å²) in [6.45, 7) is 0. The minimum atomic E-state index is 0.267. The second-order valence-corrected chi connectivity index (χ2v) is 9.07. The maximum Gasteiger partial charge on any atom is 0.123 e. The number of hydrogen-bond donors (Lipinski definition) is 0. The molecule has 6 rings (SSSR count). The highest BCUT2D eigenvalue weighted by Gasteiger charge is 2.37. The van der Waals surface area contributed by atoms with Crippen LogP contribution in [0.3, 0.4) is 0 Å². The van der Waals surface area contributed by atoms with Crippen molar-refractivity contribution in [3.05, 3.63) is 101 Å². The number of benzene rings is 4. The number of rotatable bonds is 2. The molecule has 2 aliphatic rings. The zero-order valence-corrected chi connectivity index (χ0v) is 18.1. The Labute approximate surface area is 185 Å². The highest BCUT2D eigenvalue weighted by atomic mass is 79.9. The van der Waals surface area contributed by atoms with Crippen molar-refractivity contribution in [3.63, 3.8) is 0 Å². The Bertz CT molecular complexity index is 1280. The molecule has 146 valence electrons. The molecule has 0 N–H and O–H groups in total. The molecule has 2 heteroatoms. The minimum absolute atomic E-state index is 0.267. The Hall–Kier alpha value is -2.84. The van der Waals surface area contributed by atoms with Crippen molar-refractivity contribution in [2.45, 2.75) is 24.9 Å². The second kappa shape index (κ2) is 7.14. The van der Waals surface area contributed by atoms with Crippen molar-refractivity contribution >= 4 is 26.7 Å². The quantitative estimate of drug-likeness (QED) is 0.298. The Morgan fingerprint density at radius 3 is 2.43 bits per heavy atom. The predicted molar refractivity (Wildman–Crippen MR) is 128 cm³/mol. The first kappa shape index (κ1) is 18.0. The fraction of sp³-hybridized carbons (Fsp3) is 0.143. The zero-order valence-electron chi connectivity index (χ0n) is 16.5. The molecular formula is C28H21BrO. The number of ether oxygens (including phenoxy) is 1. The maximum atomic E-state index is 6.22. The lowest BCUT2D eigenvalue weighted by atomic mass is 9.87. The summed E-state index contributed by atoms with van der Waals surface area (Å²) in [6.07, 6.45) is 4.73. The smallest absolute Gasteiger partial charge is 0.123 e. The minimum Gasteiger partial charge on any atom is -0.489 e. The first-order chi connectivity index (χ1) is 14.8. The average Bonchev–Trinajstić information content (AvgIpc) is 3.18. The van der Waals surface area contributed by atoms with Crippen molar-refractivity contribution in [1.82, 2.24) is 0 Å². The van der Waals surface area contributed by atoms with Gasteiger partial charge in [-0.15, -0.1) is 0 Å². The molecule has 1 aliphatic heterocycles. The number of halogens is 1. The van der Waals surface area contributed by atoms with E-state index in [-0.39, 0.29) is 6.10 Å². The first-order valence-electron chi connectivity index (χ1n) is 10.5. The third-order valence-electron chi connectivity index (χ3n) is 6.40. The van der Waals surface area contributed by atoms with Crippen molar-refractivity contribution in [2.24, 2.45) is 0 Å². The van der Waals surface area contributed by atoms with Crippen LogP contribution in [0, 0.1) is 0 Å². The summed E-state index contributed by atoms with van der Waals surface area (Å²) in [7, 11) is 0. The first-order valence-corrected chi connectivity index (χ1v) is 11.3. The Kier molecular flexibility index (Phi) is 4.28. The fourth-order valence-corrected chi connectivity index (χ4v) is 5.66. The van der Waals surface area contributed by atoms with Gasteiger partial charge in [0.25, 0.3) is 0 Å². The summed E-state index contributed by atoms with van der Waals surface area (Å²) in [5, 5.41) is 2.57. The number of fused-ring (bicyclic) bond motifs is 4. The van der Waals surface area contributed by atoms with Crippen molar-refractivity contribution < 1.29 is 4.74 Å². The van der Waals surface area contributed by atoms with Gasteiger partial charge >= 0.3 is 0 Å². The summed E-state index contributed by atoms with van der Waals surface area (Å²) in [6, 6.07) is 30.7. The summed E-state index contributed by atoms with van der Waals surface area (Å²) >= 11 is 3.78. The maximum absolute atomic E-state index is 6.22. The molecule has 1 heterocycles. The van der Waals surface area contributed by atoms with Crippen molar-refractivity contribution in [3.8, 4) is 28.0 Å². The lowest BCUT2D eigenvalue weighted by Crippen LogP contribution is -2.21. The molecule has 0 amide bonds. The number of allylic oxidation sites excluding steroid dienone is 1. The highest BCUT2D eigenvalue weighted by Crippen LogP contribution is 2.49. The summed E-state index contributed by atoms with van der Waals surface area (Å²) < 4.78 is 7.48. The van der Waals surface area contributed by atoms with E-state index < -0.39 is 0 Å². The topological polar surface area (TPSA) is 9.23 Å². The Morgan fingerprint density at radius 1 is 0.767 bits per heavy atom. The third kappa shape index (κ3) is 2.90. The predicted octanol–water partition coefficient (Wildman–Crippen LogP) is 8.09. The Balaban J connectivity index is 1.37. The van der Waals surface area contributed by atoms with E-state index in [0.29, 0.717) is 5.92 Å². The van der Waals surface area contributed by atoms with E-state index in [4.69, 9.17) is 4.74 Å². The van der Waals surface area contributed by atoms with Gasteiger partial charge in [0.15, 0.2) is 0 Å². The molecule has 0 bridgehead atoms. The molecule has 0 saturated heterocycles. The average molecular weight is 453 g/mol. The van der Waals surface area contributed by atoms with Crippen LogP contribution in [0.15, 0.2) is 95.5 Å². The summed E-state index contributed by atoms with van der Waals surface area (Å²) in [5.74, 6) is 1.37.